The quantitative estimate of drug-likeness (QED) is 0.266. The van der Waals surface area contributed by atoms with Crippen molar-refractivity contribution in [3.63, 3.8) is 0 Å². The van der Waals surface area contributed by atoms with Gasteiger partial charge in [-0.1, -0.05) is 0 Å². The van der Waals surface area contributed by atoms with Crippen molar-refractivity contribution in [2.75, 3.05) is 19.9 Å². The second-order valence-electron chi connectivity index (χ2n) is 1.95. The molecule has 0 saturated carbocycles. The first-order valence-corrected chi connectivity index (χ1v) is 5.31. The van der Waals surface area contributed by atoms with Crippen LogP contribution in [0, 0.1) is 0 Å². The zero-order chi connectivity index (χ0) is 9.45. The average Bonchev–Trinajstić information content (AvgIpc) is 2.11. The van der Waals surface area contributed by atoms with E-state index in [0.717, 1.165) is 0 Å². The Kier molecular flexibility index (Phi) is 6.20. The van der Waals surface area contributed by atoms with E-state index >= 15 is 0 Å². The highest BCUT2D eigenvalue weighted by Crippen LogP contribution is 2.47. The van der Waals surface area contributed by atoms with E-state index < -0.39 is 7.60 Å². The first-order valence-electron chi connectivity index (χ1n) is 3.58. The fraction of sp³-hybridized carbons (Fsp3) is 0.833. The van der Waals surface area contributed by atoms with Crippen LogP contribution in [0.5, 0.6) is 0 Å². The molecule has 0 aromatic rings. The molecule has 0 amide bonds. The third-order valence-corrected chi connectivity index (χ3v) is 2.78. The van der Waals surface area contributed by atoms with Crippen LogP contribution >= 0.6 is 7.60 Å². The predicted molar refractivity (Wildman–Crippen MR) is 42.9 cm³/mol. The molecule has 0 bridgehead atoms. The topological polar surface area (TPSA) is 61.8 Å². The first kappa shape index (κ1) is 11.8. The van der Waals surface area contributed by atoms with Gasteiger partial charge < -0.3 is 9.32 Å². The molecule has 1 atom stereocenters. The molecule has 0 heterocycles. The molecule has 0 radical (unpaired) electrons. The van der Waals surface area contributed by atoms with E-state index in [9.17, 15) is 9.36 Å². The standard InChI is InChI=1S/C6H13O5P/c1-3-10-11-12(8,9-2)6-4-5-7/h5H,3-4,6H2,1-2H3. The largest absolute Gasteiger partial charge is 0.358 e. The van der Waals surface area contributed by atoms with Gasteiger partial charge in [0.15, 0.2) is 0 Å². The SMILES string of the molecule is CCOOP(=O)(CCC=O)OC. The number of aldehydes is 1. The summed E-state index contributed by atoms with van der Waals surface area (Å²) in [6.07, 6.45) is 0.839. The lowest BCUT2D eigenvalue weighted by atomic mass is 10.6. The molecule has 0 fully saturated rings. The smallest absolute Gasteiger partial charge is 0.310 e. The molecule has 0 aliphatic heterocycles. The Morgan fingerprint density at radius 1 is 1.50 bits per heavy atom. The second kappa shape index (κ2) is 6.31. The summed E-state index contributed by atoms with van der Waals surface area (Å²) < 4.78 is 20.5. The van der Waals surface area contributed by atoms with Gasteiger partial charge in [-0.3, -0.25) is 4.57 Å². The number of carbonyl (C=O) groups excluding carboxylic acids is 1. The summed E-state index contributed by atoms with van der Waals surface area (Å²) in [6.45, 7) is 1.98. The van der Waals surface area contributed by atoms with E-state index in [1.807, 2.05) is 0 Å². The Morgan fingerprint density at radius 2 is 2.17 bits per heavy atom. The molecular formula is C6H13O5P. The van der Waals surface area contributed by atoms with Gasteiger partial charge in [0.25, 0.3) is 0 Å². The summed E-state index contributed by atoms with van der Waals surface area (Å²) in [6, 6.07) is 0. The van der Waals surface area contributed by atoms with Crippen molar-refractivity contribution in [2.24, 2.45) is 0 Å². The van der Waals surface area contributed by atoms with Crippen LogP contribution in [0.2, 0.25) is 0 Å². The maximum Gasteiger partial charge on any atom is 0.358 e. The van der Waals surface area contributed by atoms with Crippen molar-refractivity contribution in [2.45, 2.75) is 13.3 Å². The Hall–Kier alpha value is -0.220. The zero-order valence-corrected chi connectivity index (χ0v) is 8.08. The Morgan fingerprint density at radius 3 is 2.58 bits per heavy atom. The van der Waals surface area contributed by atoms with Crippen molar-refractivity contribution >= 4 is 13.9 Å². The van der Waals surface area contributed by atoms with Gasteiger partial charge >= 0.3 is 7.60 Å². The van der Waals surface area contributed by atoms with Gasteiger partial charge in [-0.25, -0.2) is 4.89 Å². The van der Waals surface area contributed by atoms with Crippen LogP contribution in [-0.4, -0.2) is 26.2 Å². The molecule has 0 spiro atoms. The van der Waals surface area contributed by atoms with Gasteiger partial charge in [-0.15, -0.1) is 4.67 Å². The van der Waals surface area contributed by atoms with Crippen molar-refractivity contribution in [1.29, 1.82) is 0 Å². The molecular weight excluding hydrogens is 183 g/mol. The predicted octanol–water partition coefficient (Wildman–Crippen LogP) is 1.38. The summed E-state index contributed by atoms with van der Waals surface area (Å²) in [5.41, 5.74) is 0. The summed E-state index contributed by atoms with van der Waals surface area (Å²) >= 11 is 0. The van der Waals surface area contributed by atoms with Crippen molar-refractivity contribution < 1.29 is 23.4 Å². The van der Waals surface area contributed by atoms with Crippen LogP contribution in [0.4, 0.5) is 0 Å². The third-order valence-electron chi connectivity index (χ3n) is 1.08. The summed E-state index contributed by atoms with van der Waals surface area (Å²) in [5.74, 6) is 0. The molecule has 6 heteroatoms. The summed E-state index contributed by atoms with van der Waals surface area (Å²) in [5, 5.41) is 0. The van der Waals surface area contributed by atoms with Crippen LogP contribution in [0.15, 0.2) is 0 Å². The Bertz CT molecular complexity index is 169. The number of hydrogen-bond acceptors (Lipinski definition) is 5. The maximum atomic E-state index is 11.4. The molecule has 0 rings (SSSR count). The average molecular weight is 196 g/mol. The molecule has 0 aromatic carbocycles. The summed E-state index contributed by atoms with van der Waals surface area (Å²) in [7, 11) is -1.93. The molecule has 0 aliphatic rings. The summed E-state index contributed by atoms with van der Waals surface area (Å²) in [4.78, 5) is 14.5. The monoisotopic (exact) mass is 196 g/mol. The van der Waals surface area contributed by atoms with Gasteiger partial charge in [0.2, 0.25) is 0 Å². The van der Waals surface area contributed by atoms with Crippen LogP contribution < -0.4 is 0 Å². The minimum absolute atomic E-state index is 0.0486. The Labute approximate surface area is 71.5 Å². The maximum absolute atomic E-state index is 11.4. The van der Waals surface area contributed by atoms with Crippen molar-refractivity contribution in [3.8, 4) is 0 Å². The molecule has 0 aliphatic carbocycles. The lowest BCUT2D eigenvalue weighted by molar-refractivity contribution is -0.209. The van der Waals surface area contributed by atoms with E-state index in [-0.39, 0.29) is 19.2 Å². The van der Waals surface area contributed by atoms with Crippen molar-refractivity contribution in [3.05, 3.63) is 0 Å². The van der Waals surface area contributed by atoms with E-state index in [0.29, 0.717) is 6.29 Å². The van der Waals surface area contributed by atoms with Gasteiger partial charge in [-0.2, -0.15) is 0 Å². The second-order valence-corrected chi connectivity index (χ2v) is 4.14. The zero-order valence-electron chi connectivity index (χ0n) is 7.19. The minimum Gasteiger partial charge on any atom is -0.310 e. The highest BCUT2D eigenvalue weighted by molar-refractivity contribution is 7.53. The van der Waals surface area contributed by atoms with Crippen LogP contribution in [0.3, 0.4) is 0 Å². The fourth-order valence-electron chi connectivity index (χ4n) is 0.503. The van der Waals surface area contributed by atoms with E-state index in [4.69, 9.17) is 0 Å². The number of hydrogen-bond donors (Lipinski definition) is 0. The molecule has 12 heavy (non-hydrogen) atoms. The van der Waals surface area contributed by atoms with Crippen LogP contribution in [0.1, 0.15) is 13.3 Å². The first-order chi connectivity index (χ1) is 5.68. The van der Waals surface area contributed by atoms with E-state index in [2.05, 4.69) is 14.1 Å². The highest BCUT2D eigenvalue weighted by atomic mass is 31.2. The van der Waals surface area contributed by atoms with Gasteiger partial charge in [0.05, 0.1) is 12.8 Å². The number of rotatable bonds is 7. The molecule has 0 aromatic heterocycles. The lowest BCUT2D eigenvalue weighted by Gasteiger charge is -2.12. The lowest BCUT2D eigenvalue weighted by Crippen LogP contribution is -1.99. The molecule has 72 valence electrons. The highest BCUT2D eigenvalue weighted by Gasteiger charge is 2.23. The normalized spacial score (nSPS) is 15.5. The molecule has 0 saturated heterocycles. The van der Waals surface area contributed by atoms with Gasteiger partial charge in [0.1, 0.15) is 6.29 Å². The molecule has 0 N–H and O–H groups in total. The van der Waals surface area contributed by atoms with E-state index in [1.165, 1.54) is 7.11 Å². The van der Waals surface area contributed by atoms with Gasteiger partial charge in [-0.05, 0) is 6.92 Å². The number of carbonyl (C=O) groups is 1. The van der Waals surface area contributed by atoms with Crippen LogP contribution in [0.25, 0.3) is 0 Å². The minimum atomic E-state index is -3.19. The molecule has 5 nitrogen and oxygen atoms in total. The van der Waals surface area contributed by atoms with Crippen LogP contribution in [-0.2, 0) is 23.4 Å². The van der Waals surface area contributed by atoms with Crippen molar-refractivity contribution in [1.82, 2.24) is 0 Å². The van der Waals surface area contributed by atoms with Gasteiger partial charge in [0, 0.05) is 13.5 Å². The molecule has 1 unspecified atom stereocenters. The Balaban J connectivity index is 3.87. The fourth-order valence-corrected chi connectivity index (χ4v) is 1.51. The van der Waals surface area contributed by atoms with E-state index in [1.54, 1.807) is 6.92 Å². The third kappa shape index (κ3) is 4.62.